The van der Waals surface area contributed by atoms with Crippen molar-refractivity contribution in [2.75, 3.05) is 13.1 Å². The highest BCUT2D eigenvalue weighted by Gasteiger charge is 2.47. The lowest BCUT2D eigenvalue weighted by atomic mass is 9.94. The number of carbonyl (C=O) groups is 2. The van der Waals surface area contributed by atoms with Crippen LogP contribution in [0.3, 0.4) is 0 Å². The van der Waals surface area contributed by atoms with Gasteiger partial charge in [-0.2, -0.15) is 13.2 Å². The molecule has 1 aromatic carbocycles. The minimum atomic E-state index is -4.44. The number of hydrogen-bond donors (Lipinski definition) is 1. The van der Waals surface area contributed by atoms with Crippen LogP contribution in [-0.4, -0.2) is 40.9 Å². The van der Waals surface area contributed by atoms with Gasteiger partial charge in [-0.15, -0.1) is 6.58 Å². The second-order valence-corrected chi connectivity index (χ2v) is 6.93. The fraction of sp³-hybridized carbons (Fsp3) is 0.368. The predicted molar refractivity (Wildman–Crippen MR) is 91.4 cm³/mol. The number of nitrogens with one attached hydrogen (secondary N) is 1. The summed E-state index contributed by atoms with van der Waals surface area (Å²) in [6.45, 7) is 4.25. The summed E-state index contributed by atoms with van der Waals surface area (Å²) in [5, 5.41) is 2.76. The number of carbonyl (C=O) groups excluding carboxylic acids is 2. The molecule has 1 aromatic rings. The summed E-state index contributed by atoms with van der Waals surface area (Å²) in [5.74, 6) is -0.161. The van der Waals surface area contributed by atoms with E-state index >= 15 is 0 Å². The number of halogens is 3. The molecule has 5 nitrogen and oxygen atoms in total. The zero-order chi connectivity index (χ0) is 19.3. The van der Waals surface area contributed by atoms with E-state index in [4.69, 9.17) is 0 Å². The molecule has 142 valence electrons. The Balaban J connectivity index is 1.73. The van der Waals surface area contributed by atoms with Crippen molar-refractivity contribution in [3.8, 4) is 0 Å². The first-order valence-corrected chi connectivity index (χ1v) is 8.71. The molecule has 2 heterocycles. The Hall–Kier alpha value is -2.77. The lowest BCUT2D eigenvalue weighted by Crippen LogP contribution is -2.47. The molecule has 0 aromatic heterocycles. The molecule has 1 atom stereocenters. The van der Waals surface area contributed by atoms with Crippen molar-refractivity contribution in [2.24, 2.45) is 0 Å². The Labute approximate surface area is 154 Å². The number of nitrogens with zero attached hydrogens (tertiary/aromatic N) is 2. The van der Waals surface area contributed by atoms with Crippen LogP contribution in [0.2, 0.25) is 0 Å². The predicted octanol–water partition coefficient (Wildman–Crippen LogP) is 3.22. The van der Waals surface area contributed by atoms with Gasteiger partial charge in [-0.05, 0) is 30.5 Å². The minimum absolute atomic E-state index is 0.161. The van der Waals surface area contributed by atoms with Crippen molar-refractivity contribution < 1.29 is 22.8 Å². The van der Waals surface area contributed by atoms with Crippen LogP contribution in [0.1, 0.15) is 30.0 Å². The van der Waals surface area contributed by atoms with Crippen molar-refractivity contribution in [1.82, 2.24) is 15.1 Å². The molecule has 1 saturated carbocycles. The number of alkyl halides is 3. The van der Waals surface area contributed by atoms with Crippen molar-refractivity contribution in [3.63, 3.8) is 0 Å². The smallest absolute Gasteiger partial charge is 0.330 e. The maximum atomic E-state index is 13.0. The van der Waals surface area contributed by atoms with Gasteiger partial charge in [0.1, 0.15) is 0 Å². The van der Waals surface area contributed by atoms with Crippen LogP contribution in [0.5, 0.6) is 0 Å². The first-order valence-electron chi connectivity index (χ1n) is 8.71. The summed E-state index contributed by atoms with van der Waals surface area (Å²) in [6.07, 6.45) is -1.00. The highest BCUT2D eigenvalue weighted by molar-refractivity contribution is 6.01. The van der Waals surface area contributed by atoms with Gasteiger partial charge in [0, 0.05) is 12.6 Å². The standard InChI is InChI=1S/C19H18F3N3O2/c1-2-9-24-14-10-25(13-7-8-13)17(26)15(14)16(23-18(24)27)11-3-5-12(6-4-11)19(20,21)22/h2-6,13,16H,1,7-10H2,(H,23,27). The third-order valence-corrected chi connectivity index (χ3v) is 5.12. The van der Waals surface area contributed by atoms with E-state index in [0.717, 1.165) is 25.0 Å². The molecule has 27 heavy (non-hydrogen) atoms. The SMILES string of the molecule is C=CCN1C(=O)NC(c2ccc(C(F)(F)F)cc2)C2=C1CN(C1CC1)C2=O. The molecule has 2 aliphatic heterocycles. The summed E-state index contributed by atoms with van der Waals surface area (Å²) < 4.78 is 38.5. The minimum Gasteiger partial charge on any atom is -0.330 e. The number of rotatable bonds is 4. The zero-order valence-corrected chi connectivity index (χ0v) is 14.4. The van der Waals surface area contributed by atoms with Gasteiger partial charge in [0.2, 0.25) is 0 Å². The van der Waals surface area contributed by atoms with Crippen LogP contribution in [0.15, 0.2) is 48.2 Å². The molecule has 8 heteroatoms. The highest BCUT2D eigenvalue weighted by Crippen LogP contribution is 2.41. The molecule has 4 rings (SSSR count). The Kier molecular flexibility index (Phi) is 4.01. The summed E-state index contributed by atoms with van der Waals surface area (Å²) in [6, 6.07) is 3.60. The summed E-state index contributed by atoms with van der Waals surface area (Å²) in [7, 11) is 0. The van der Waals surface area contributed by atoms with E-state index in [2.05, 4.69) is 11.9 Å². The lowest BCUT2D eigenvalue weighted by molar-refractivity contribution is -0.137. The quantitative estimate of drug-likeness (QED) is 0.820. The van der Waals surface area contributed by atoms with Crippen molar-refractivity contribution in [2.45, 2.75) is 31.1 Å². The van der Waals surface area contributed by atoms with Crippen molar-refractivity contribution in [1.29, 1.82) is 0 Å². The van der Waals surface area contributed by atoms with E-state index in [1.54, 1.807) is 11.0 Å². The summed E-state index contributed by atoms with van der Waals surface area (Å²) >= 11 is 0. The Bertz CT molecular complexity index is 841. The number of urea groups is 1. The largest absolute Gasteiger partial charge is 0.416 e. The van der Waals surface area contributed by atoms with E-state index in [1.165, 1.54) is 17.0 Å². The fourth-order valence-electron chi connectivity index (χ4n) is 3.63. The van der Waals surface area contributed by atoms with Crippen molar-refractivity contribution in [3.05, 3.63) is 59.3 Å². The fourth-order valence-corrected chi connectivity index (χ4v) is 3.63. The molecule has 3 amide bonds. The molecule has 1 unspecified atom stereocenters. The topological polar surface area (TPSA) is 52.7 Å². The molecule has 0 bridgehead atoms. The van der Waals surface area contributed by atoms with Crippen LogP contribution < -0.4 is 5.32 Å². The number of amides is 3. The second-order valence-electron chi connectivity index (χ2n) is 6.93. The Morgan fingerprint density at radius 3 is 2.41 bits per heavy atom. The van der Waals surface area contributed by atoms with E-state index in [0.29, 0.717) is 23.4 Å². The molecule has 1 fully saturated rings. The monoisotopic (exact) mass is 377 g/mol. The maximum Gasteiger partial charge on any atom is 0.416 e. The van der Waals surface area contributed by atoms with Crippen LogP contribution >= 0.6 is 0 Å². The van der Waals surface area contributed by atoms with Gasteiger partial charge in [0.05, 0.1) is 29.4 Å². The van der Waals surface area contributed by atoms with Gasteiger partial charge in [0.15, 0.2) is 0 Å². The van der Waals surface area contributed by atoms with E-state index < -0.39 is 17.8 Å². The van der Waals surface area contributed by atoms with Crippen LogP contribution in [0.4, 0.5) is 18.0 Å². The molecule has 0 saturated heterocycles. The Morgan fingerprint density at radius 2 is 1.85 bits per heavy atom. The van der Waals surface area contributed by atoms with Crippen molar-refractivity contribution >= 4 is 11.9 Å². The van der Waals surface area contributed by atoms with Gasteiger partial charge in [-0.1, -0.05) is 18.2 Å². The molecule has 3 aliphatic rings. The average Bonchev–Trinajstić information content (AvgIpc) is 3.40. The third-order valence-electron chi connectivity index (χ3n) is 5.12. The van der Waals surface area contributed by atoms with Gasteiger partial charge >= 0.3 is 12.2 Å². The van der Waals surface area contributed by atoms with Gasteiger partial charge in [-0.3, -0.25) is 9.69 Å². The van der Waals surface area contributed by atoms with Crippen LogP contribution in [0, 0.1) is 0 Å². The van der Waals surface area contributed by atoms with Crippen LogP contribution in [-0.2, 0) is 11.0 Å². The molecule has 1 aliphatic carbocycles. The average molecular weight is 377 g/mol. The number of hydrogen-bond acceptors (Lipinski definition) is 2. The molecule has 0 spiro atoms. The molecule has 0 radical (unpaired) electrons. The molecular weight excluding hydrogens is 359 g/mol. The number of benzene rings is 1. The summed E-state index contributed by atoms with van der Waals surface area (Å²) in [4.78, 5) is 28.8. The third kappa shape index (κ3) is 2.98. The summed E-state index contributed by atoms with van der Waals surface area (Å²) in [5.41, 5.74) is 0.727. The van der Waals surface area contributed by atoms with Gasteiger partial charge < -0.3 is 10.2 Å². The normalized spacial score (nSPS) is 22.9. The first-order chi connectivity index (χ1) is 12.8. The highest BCUT2D eigenvalue weighted by atomic mass is 19.4. The first kappa shape index (κ1) is 17.6. The molecular formula is C19H18F3N3O2. The lowest BCUT2D eigenvalue weighted by Gasteiger charge is -2.33. The second kappa shape index (κ2) is 6.14. The van der Waals surface area contributed by atoms with Gasteiger partial charge in [0.25, 0.3) is 5.91 Å². The van der Waals surface area contributed by atoms with E-state index in [9.17, 15) is 22.8 Å². The van der Waals surface area contributed by atoms with E-state index in [1.807, 2.05) is 0 Å². The Morgan fingerprint density at radius 1 is 1.19 bits per heavy atom. The molecule has 1 N–H and O–H groups in total. The maximum absolute atomic E-state index is 13.0. The van der Waals surface area contributed by atoms with E-state index in [-0.39, 0.29) is 24.5 Å². The zero-order valence-electron chi connectivity index (χ0n) is 14.4. The van der Waals surface area contributed by atoms with Gasteiger partial charge in [-0.25, -0.2) is 4.79 Å². The van der Waals surface area contributed by atoms with Crippen LogP contribution in [0.25, 0.3) is 0 Å².